The van der Waals surface area contributed by atoms with Gasteiger partial charge in [0.05, 0.1) is 5.92 Å². The standard InChI is InChI=1S/C10H20O2.C2H6/c1-7(2)8(9(11)12)6-10(3,4)5;1-2/h7-8H,6H2,1-5H3,(H,11,12);1-2H3. The Hall–Kier alpha value is -0.530. The molecule has 0 aromatic rings. The summed E-state index contributed by atoms with van der Waals surface area (Å²) in [6.45, 7) is 14.1. The molecule has 0 radical (unpaired) electrons. The lowest BCUT2D eigenvalue weighted by Crippen LogP contribution is -2.25. The second-order valence-corrected chi connectivity index (χ2v) is 4.95. The zero-order chi connectivity index (χ0) is 11.9. The zero-order valence-electron chi connectivity index (χ0n) is 10.7. The smallest absolute Gasteiger partial charge is 0.306 e. The summed E-state index contributed by atoms with van der Waals surface area (Å²) < 4.78 is 0. The van der Waals surface area contributed by atoms with Crippen LogP contribution in [-0.4, -0.2) is 11.1 Å². The van der Waals surface area contributed by atoms with E-state index in [0.717, 1.165) is 6.42 Å². The number of carboxylic acid groups (broad SMARTS) is 1. The molecular weight excluding hydrogens is 176 g/mol. The van der Waals surface area contributed by atoms with Crippen molar-refractivity contribution in [3.05, 3.63) is 0 Å². The summed E-state index contributed by atoms with van der Waals surface area (Å²) >= 11 is 0. The van der Waals surface area contributed by atoms with E-state index in [1.807, 2.05) is 27.7 Å². The minimum Gasteiger partial charge on any atom is -0.481 e. The number of hydrogen-bond acceptors (Lipinski definition) is 1. The second-order valence-electron chi connectivity index (χ2n) is 4.95. The van der Waals surface area contributed by atoms with E-state index in [-0.39, 0.29) is 17.3 Å². The van der Waals surface area contributed by atoms with Gasteiger partial charge in [-0.3, -0.25) is 4.79 Å². The van der Waals surface area contributed by atoms with Crippen LogP contribution in [0.2, 0.25) is 0 Å². The average molecular weight is 202 g/mol. The summed E-state index contributed by atoms with van der Waals surface area (Å²) in [6.07, 6.45) is 0.750. The van der Waals surface area contributed by atoms with Crippen LogP contribution in [0.1, 0.15) is 54.9 Å². The highest BCUT2D eigenvalue weighted by Gasteiger charge is 2.26. The van der Waals surface area contributed by atoms with E-state index in [1.165, 1.54) is 0 Å². The Kier molecular flexibility index (Phi) is 7.80. The highest BCUT2D eigenvalue weighted by atomic mass is 16.4. The SMILES string of the molecule is CC.CC(C)C(CC(C)(C)C)C(=O)O. The van der Waals surface area contributed by atoms with Gasteiger partial charge in [-0.15, -0.1) is 0 Å². The van der Waals surface area contributed by atoms with Gasteiger partial charge < -0.3 is 5.11 Å². The molecule has 2 heteroatoms. The summed E-state index contributed by atoms with van der Waals surface area (Å²) in [5.74, 6) is -0.647. The lowest BCUT2D eigenvalue weighted by molar-refractivity contribution is -0.144. The third-order valence-electron chi connectivity index (χ3n) is 1.95. The molecule has 0 saturated heterocycles. The van der Waals surface area contributed by atoms with E-state index < -0.39 is 5.97 Å². The van der Waals surface area contributed by atoms with Crippen LogP contribution in [0.5, 0.6) is 0 Å². The van der Waals surface area contributed by atoms with Crippen molar-refractivity contribution in [3.63, 3.8) is 0 Å². The molecule has 1 N–H and O–H groups in total. The lowest BCUT2D eigenvalue weighted by atomic mass is 9.80. The van der Waals surface area contributed by atoms with E-state index in [9.17, 15) is 4.79 Å². The zero-order valence-corrected chi connectivity index (χ0v) is 10.7. The molecule has 0 aromatic heterocycles. The fourth-order valence-electron chi connectivity index (χ4n) is 1.27. The summed E-state index contributed by atoms with van der Waals surface area (Å²) in [6, 6.07) is 0. The van der Waals surface area contributed by atoms with E-state index in [2.05, 4.69) is 20.8 Å². The second kappa shape index (κ2) is 6.86. The Morgan fingerprint density at radius 3 is 1.64 bits per heavy atom. The average Bonchev–Trinajstić information content (AvgIpc) is 2.01. The van der Waals surface area contributed by atoms with Crippen molar-refractivity contribution < 1.29 is 9.90 Å². The molecule has 0 saturated carbocycles. The van der Waals surface area contributed by atoms with Crippen LogP contribution in [0.4, 0.5) is 0 Å². The van der Waals surface area contributed by atoms with Gasteiger partial charge in [-0.25, -0.2) is 0 Å². The number of carboxylic acids is 1. The maximum absolute atomic E-state index is 10.8. The molecule has 0 aliphatic heterocycles. The van der Waals surface area contributed by atoms with E-state index in [1.54, 1.807) is 0 Å². The van der Waals surface area contributed by atoms with Crippen LogP contribution < -0.4 is 0 Å². The van der Waals surface area contributed by atoms with Crippen molar-refractivity contribution in [1.29, 1.82) is 0 Å². The van der Waals surface area contributed by atoms with E-state index >= 15 is 0 Å². The highest BCUT2D eigenvalue weighted by Crippen LogP contribution is 2.28. The predicted molar refractivity (Wildman–Crippen MR) is 61.4 cm³/mol. The number of hydrogen-bond donors (Lipinski definition) is 1. The Balaban J connectivity index is 0. The summed E-state index contributed by atoms with van der Waals surface area (Å²) in [5, 5.41) is 8.91. The fourth-order valence-corrected chi connectivity index (χ4v) is 1.27. The van der Waals surface area contributed by atoms with Gasteiger partial charge in [-0.2, -0.15) is 0 Å². The van der Waals surface area contributed by atoms with Crippen molar-refractivity contribution in [3.8, 4) is 0 Å². The largest absolute Gasteiger partial charge is 0.481 e. The van der Waals surface area contributed by atoms with Gasteiger partial charge in [0.1, 0.15) is 0 Å². The minimum atomic E-state index is -0.667. The third-order valence-corrected chi connectivity index (χ3v) is 1.95. The molecule has 0 aliphatic rings. The molecule has 2 nitrogen and oxygen atoms in total. The molecule has 0 rings (SSSR count). The topological polar surface area (TPSA) is 37.3 Å². The molecule has 1 atom stereocenters. The van der Waals surface area contributed by atoms with Crippen molar-refractivity contribution in [1.82, 2.24) is 0 Å². The molecule has 0 bridgehead atoms. The first-order valence-electron chi connectivity index (χ1n) is 5.47. The van der Waals surface area contributed by atoms with Crippen LogP contribution >= 0.6 is 0 Å². The highest BCUT2D eigenvalue weighted by molar-refractivity contribution is 5.70. The van der Waals surface area contributed by atoms with Crippen LogP contribution in [0, 0.1) is 17.3 Å². The first-order chi connectivity index (χ1) is 6.24. The Morgan fingerprint density at radius 1 is 1.21 bits per heavy atom. The molecule has 0 amide bonds. The minimum absolute atomic E-state index is 0.104. The van der Waals surface area contributed by atoms with Crippen LogP contribution in [-0.2, 0) is 4.79 Å². The molecule has 0 aliphatic carbocycles. The molecule has 0 aromatic carbocycles. The molecule has 1 unspecified atom stereocenters. The van der Waals surface area contributed by atoms with Gasteiger partial charge in [0.15, 0.2) is 0 Å². The quantitative estimate of drug-likeness (QED) is 0.755. The predicted octanol–water partition coefficient (Wildman–Crippen LogP) is 3.81. The maximum Gasteiger partial charge on any atom is 0.306 e. The number of carbonyl (C=O) groups is 1. The van der Waals surface area contributed by atoms with Crippen molar-refractivity contribution >= 4 is 5.97 Å². The van der Waals surface area contributed by atoms with Gasteiger partial charge in [0.25, 0.3) is 0 Å². The molecule has 0 spiro atoms. The Labute approximate surface area is 88.7 Å². The molecule has 14 heavy (non-hydrogen) atoms. The third kappa shape index (κ3) is 8.09. The van der Waals surface area contributed by atoms with Crippen LogP contribution in [0.25, 0.3) is 0 Å². The normalized spacial score (nSPS) is 13.1. The number of aliphatic carboxylic acids is 1. The van der Waals surface area contributed by atoms with Crippen molar-refractivity contribution in [2.24, 2.45) is 17.3 Å². The molecular formula is C12H26O2. The maximum atomic E-state index is 10.8. The molecule has 0 fully saturated rings. The van der Waals surface area contributed by atoms with E-state index in [4.69, 9.17) is 5.11 Å². The van der Waals surface area contributed by atoms with Gasteiger partial charge in [-0.05, 0) is 17.8 Å². The van der Waals surface area contributed by atoms with Gasteiger partial charge in [0, 0.05) is 0 Å². The van der Waals surface area contributed by atoms with Crippen LogP contribution in [0.3, 0.4) is 0 Å². The monoisotopic (exact) mass is 202 g/mol. The van der Waals surface area contributed by atoms with Crippen molar-refractivity contribution in [2.45, 2.75) is 54.9 Å². The fraction of sp³-hybridized carbons (Fsp3) is 0.917. The van der Waals surface area contributed by atoms with Crippen molar-refractivity contribution in [2.75, 3.05) is 0 Å². The van der Waals surface area contributed by atoms with Gasteiger partial charge >= 0.3 is 5.97 Å². The summed E-state index contributed by atoms with van der Waals surface area (Å²) in [5.41, 5.74) is 0.104. The van der Waals surface area contributed by atoms with Crippen LogP contribution in [0.15, 0.2) is 0 Å². The molecule has 86 valence electrons. The number of rotatable bonds is 3. The molecule has 0 heterocycles. The lowest BCUT2D eigenvalue weighted by Gasteiger charge is -2.25. The Bertz CT molecular complexity index is 154. The summed E-state index contributed by atoms with van der Waals surface area (Å²) in [7, 11) is 0. The van der Waals surface area contributed by atoms with Gasteiger partial charge in [0.2, 0.25) is 0 Å². The first-order valence-corrected chi connectivity index (χ1v) is 5.47. The van der Waals surface area contributed by atoms with Gasteiger partial charge in [-0.1, -0.05) is 48.5 Å². The summed E-state index contributed by atoms with van der Waals surface area (Å²) in [4.78, 5) is 10.8. The van der Waals surface area contributed by atoms with E-state index in [0.29, 0.717) is 0 Å². The Morgan fingerprint density at radius 2 is 1.57 bits per heavy atom. The first kappa shape index (κ1) is 15.9.